The van der Waals surface area contributed by atoms with E-state index in [-0.39, 0.29) is 12.5 Å². The quantitative estimate of drug-likeness (QED) is 0.846. The maximum Gasteiger partial charge on any atom is 0.254 e. The van der Waals surface area contributed by atoms with Crippen LogP contribution in [0.5, 0.6) is 0 Å². The van der Waals surface area contributed by atoms with Gasteiger partial charge < -0.3 is 10.0 Å². The normalized spacial score (nSPS) is 17.2. The summed E-state index contributed by atoms with van der Waals surface area (Å²) < 4.78 is 0.675. The van der Waals surface area contributed by atoms with Crippen LogP contribution in [0.25, 0.3) is 0 Å². The van der Waals surface area contributed by atoms with Gasteiger partial charge in [-0.25, -0.2) is 4.98 Å². The first-order valence-corrected chi connectivity index (χ1v) is 6.51. The number of aliphatic hydroxyl groups excluding tert-OH is 1. The minimum atomic E-state index is 0.0458. The van der Waals surface area contributed by atoms with E-state index >= 15 is 0 Å². The topological polar surface area (TPSA) is 53.4 Å². The third kappa shape index (κ3) is 3.04. The van der Waals surface area contributed by atoms with E-state index in [2.05, 4.69) is 20.9 Å². The highest BCUT2D eigenvalue weighted by atomic mass is 79.9. The molecule has 4 nitrogen and oxygen atoms in total. The lowest BCUT2D eigenvalue weighted by Crippen LogP contribution is -2.39. The van der Waals surface area contributed by atoms with E-state index in [1.807, 2.05) is 4.90 Å². The van der Waals surface area contributed by atoms with Gasteiger partial charge in [0.1, 0.15) is 4.60 Å². The molecule has 2 rings (SSSR count). The molecule has 2 heterocycles. The highest BCUT2D eigenvalue weighted by Crippen LogP contribution is 2.19. The van der Waals surface area contributed by atoms with Crippen LogP contribution in [0.1, 0.15) is 23.2 Å². The number of amides is 1. The number of hydrogen-bond acceptors (Lipinski definition) is 3. The van der Waals surface area contributed by atoms with E-state index in [1.54, 1.807) is 18.3 Å². The Morgan fingerprint density at radius 3 is 2.82 bits per heavy atom. The Hall–Kier alpha value is -0.940. The number of aliphatic hydroxyl groups is 1. The standard InChI is InChI=1S/C12H15BrN2O2/c13-11-7-10(1-4-14-11)12(17)15-5-2-9(8-16)3-6-15/h1,4,7,9,16H,2-3,5-6,8H2. The number of pyridine rings is 1. The van der Waals surface area contributed by atoms with E-state index in [4.69, 9.17) is 5.11 Å². The number of halogens is 1. The highest BCUT2D eigenvalue weighted by Gasteiger charge is 2.23. The monoisotopic (exact) mass is 298 g/mol. The van der Waals surface area contributed by atoms with Gasteiger partial charge in [-0.05, 0) is 46.8 Å². The van der Waals surface area contributed by atoms with Crippen molar-refractivity contribution in [1.82, 2.24) is 9.88 Å². The van der Waals surface area contributed by atoms with Crippen LogP contribution in [0.2, 0.25) is 0 Å². The highest BCUT2D eigenvalue weighted by molar-refractivity contribution is 9.10. The lowest BCUT2D eigenvalue weighted by Gasteiger charge is -2.31. The molecule has 0 spiro atoms. The number of piperidine rings is 1. The Morgan fingerprint density at radius 2 is 2.24 bits per heavy atom. The number of aromatic nitrogens is 1. The fourth-order valence-electron chi connectivity index (χ4n) is 2.04. The average molecular weight is 299 g/mol. The summed E-state index contributed by atoms with van der Waals surface area (Å²) in [5, 5.41) is 9.05. The summed E-state index contributed by atoms with van der Waals surface area (Å²) in [4.78, 5) is 18.0. The molecular formula is C12H15BrN2O2. The molecule has 0 aliphatic carbocycles. The van der Waals surface area contributed by atoms with E-state index in [0.29, 0.717) is 16.1 Å². The zero-order valence-electron chi connectivity index (χ0n) is 9.47. The predicted octanol–water partition coefficient (Wildman–Crippen LogP) is 1.69. The molecule has 0 unspecified atom stereocenters. The van der Waals surface area contributed by atoms with Crippen molar-refractivity contribution in [3.05, 3.63) is 28.5 Å². The SMILES string of the molecule is O=C(c1ccnc(Br)c1)N1CCC(CO)CC1. The fraction of sp³-hybridized carbons (Fsp3) is 0.500. The number of carbonyl (C=O) groups excluding carboxylic acids is 1. The fourth-order valence-corrected chi connectivity index (χ4v) is 2.40. The van der Waals surface area contributed by atoms with Crippen molar-refractivity contribution in [2.24, 2.45) is 5.92 Å². The van der Waals surface area contributed by atoms with Crippen molar-refractivity contribution in [2.45, 2.75) is 12.8 Å². The molecule has 1 amide bonds. The van der Waals surface area contributed by atoms with Gasteiger partial charge in [0, 0.05) is 31.5 Å². The summed E-state index contributed by atoms with van der Waals surface area (Å²) in [6, 6.07) is 3.46. The molecule has 0 saturated carbocycles. The van der Waals surface area contributed by atoms with Gasteiger partial charge in [0.25, 0.3) is 5.91 Å². The summed E-state index contributed by atoms with van der Waals surface area (Å²) in [7, 11) is 0. The molecule has 1 N–H and O–H groups in total. The van der Waals surface area contributed by atoms with E-state index in [1.165, 1.54) is 0 Å². The lowest BCUT2D eigenvalue weighted by molar-refractivity contribution is 0.0650. The molecule has 5 heteroatoms. The molecule has 0 atom stereocenters. The number of nitrogens with zero attached hydrogens (tertiary/aromatic N) is 2. The van der Waals surface area contributed by atoms with E-state index in [0.717, 1.165) is 25.9 Å². The Morgan fingerprint density at radius 1 is 1.53 bits per heavy atom. The maximum absolute atomic E-state index is 12.2. The van der Waals surface area contributed by atoms with Crippen molar-refractivity contribution >= 4 is 21.8 Å². The van der Waals surface area contributed by atoms with Gasteiger partial charge in [-0.15, -0.1) is 0 Å². The molecule has 92 valence electrons. The van der Waals surface area contributed by atoms with Crippen molar-refractivity contribution in [1.29, 1.82) is 0 Å². The molecule has 0 aromatic carbocycles. The van der Waals surface area contributed by atoms with Crippen LogP contribution in [0.15, 0.2) is 22.9 Å². The minimum Gasteiger partial charge on any atom is -0.396 e. The summed E-state index contributed by atoms with van der Waals surface area (Å²) in [6.07, 6.45) is 3.39. The average Bonchev–Trinajstić information content (AvgIpc) is 2.38. The first-order valence-electron chi connectivity index (χ1n) is 5.72. The molecule has 1 aliphatic heterocycles. The Kier molecular flexibility index (Phi) is 4.12. The van der Waals surface area contributed by atoms with Crippen molar-refractivity contribution < 1.29 is 9.90 Å². The first-order chi connectivity index (χ1) is 8.20. The van der Waals surface area contributed by atoms with Crippen molar-refractivity contribution in [3.63, 3.8) is 0 Å². The van der Waals surface area contributed by atoms with Crippen LogP contribution in [-0.2, 0) is 0 Å². The molecule has 1 saturated heterocycles. The number of likely N-dealkylation sites (tertiary alicyclic amines) is 1. The van der Waals surface area contributed by atoms with Gasteiger partial charge in [-0.1, -0.05) is 0 Å². The molecule has 1 aliphatic rings. The number of hydrogen-bond donors (Lipinski definition) is 1. The number of rotatable bonds is 2. The third-order valence-corrected chi connectivity index (χ3v) is 3.57. The third-order valence-electron chi connectivity index (χ3n) is 3.13. The molecule has 1 aromatic rings. The van der Waals surface area contributed by atoms with Gasteiger partial charge >= 0.3 is 0 Å². The van der Waals surface area contributed by atoms with Gasteiger partial charge in [-0.3, -0.25) is 4.79 Å². The van der Waals surface area contributed by atoms with Crippen LogP contribution in [-0.4, -0.2) is 40.6 Å². The lowest BCUT2D eigenvalue weighted by atomic mass is 9.97. The second-order valence-electron chi connectivity index (χ2n) is 4.29. The van der Waals surface area contributed by atoms with Crippen LogP contribution in [0.3, 0.4) is 0 Å². The zero-order chi connectivity index (χ0) is 12.3. The first kappa shape index (κ1) is 12.5. The second-order valence-corrected chi connectivity index (χ2v) is 5.10. The van der Waals surface area contributed by atoms with Gasteiger partial charge in [0.2, 0.25) is 0 Å². The zero-order valence-corrected chi connectivity index (χ0v) is 11.1. The van der Waals surface area contributed by atoms with Crippen LogP contribution >= 0.6 is 15.9 Å². The van der Waals surface area contributed by atoms with Crippen LogP contribution in [0, 0.1) is 5.92 Å². The minimum absolute atomic E-state index is 0.0458. The molecule has 1 fully saturated rings. The maximum atomic E-state index is 12.2. The van der Waals surface area contributed by atoms with Crippen LogP contribution < -0.4 is 0 Å². The van der Waals surface area contributed by atoms with E-state index in [9.17, 15) is 4.79 Å². The van der Waals surface area contributed by atoms with E-state index < -0.39 is 0 Å². The van der Waals surface area contributed by atoms with Gasteiger partial charge in [0.15, 0.2) is 0 Å². The smallest absolute Gasteiger partial charge is 0.254 e. The Bertz CT molecular complexity index is 403. The van der Waals surface area contributed by atoms with Crippen LogP contribution in [0.4, 0.5) is 0 Å². The number of carbonyl (C=O) groups is 1. The molecule has 0 radical (unpaired) electrons. The van der Waals surface area contributed by atoms with Crippen molar-refractivity contribution in [2.75, 3.05) is 19.7 Å². The van der Waals surface area contributed by atoms with Gasteiger partial charge in [-0.2, -0.15) is 0 Å². The second kappa shape index (κ2) is 5.60. The summed E-state index contributed by atoms with van der Waals surface area (Å²) in [5.74, 6) is 0.396. The largest absolute Gasteiger partial charge is 0.396 e. The summed E-state index contributed by atoms with van der Waals surface area (Å²) in [5.41, 5.74) is 0.661. The van der Waals surface area contributed by atoms with Gasteiger partial charge in [0.05, 0.1) is 0 Å². The van der Waals surface area contributed by atoms with Crippen molar-refractivity contribution in [3.8, 4) is 0 Å². The molecule has 1 aromatic heterocycles. The Balaban J connectivity index is 2.02. The summed E-state index contributed by atoms with van der Waals surface area (Å²) >= 11 is 3.26. The molecular weight excluding hydrogens is 284 g/mol. The molecule has 17 heavy (non-hydrogen) atoms. The molecule has 0 bridgehead atoms. The predicted molar refractivity (Wildman–Crippen MR) is 67.7 cm³/mol. The summed E-state index contributed by atoms with van der Waals surface area (Å²) in [6.45, 7) is 1.68. The Labute approximate surface area is 109 Å².